The third-order valence-corrected chi connectivity index (χ3v) is 5.97. The van der Waals surface area contributed by atoms with Gasteiger partial charge in [-0.25, -0.2) is 4.79 Å². The van der Waals surface area contributed by atoms with Crippen LogP contribution in [0.3, 0.4) is 0 Å². The Morgan fingerprint density at radius 2 is 2.06 bits per heavy atom. The average Bonchev–Trinajstić information content (AvgIpc) is 3.50. The van der Waals surface area contributed by atoms with Gasteiger partial charge in [0.05, 0.1) is 17.9 Å². The first kappa shape index (κ1) is 23.5. The first-order valence-corrected chi connectivity index (χ1v) is 10.4. The number of ether oxygens (including phenoxy) is 1. The largest absolute Gasteiger partial charge is 0.490 e. The lowest BCUT2D eigenvalue weighted by molar-refractivity contribution is -0.192. The van der Waals surface area contributed by atoms with E-state index in [1.165, 1.54) is 0 Å². The zero-order valence-corrected chi connectivity index (χ0v) is 17.5. The second-order valence-corrected chi connectivity index (χ2v) is 8.53. The fraction of sp³-hybridized carbons (Fsp3) is 0.667. The topological polar surface area (TPSA) is 83.0 Å². The highest BCUT2D eigenvalue weighted by atomic mass is 19.4. The Labute approximate surface area is 179 Å². The van der Waals surface area contributed by atoms with Gasteiger partial charge in [-0.15, -0.1) is 0 Å². The van der Waals surface area contributed by atoms with Gasteiger partial charge < -0.3 is 14.7 Å². The summed E-state index contributed by atoms with van der Waals surface area (Å²) in [5.41, 5.74) is 0.974. The van der Waals surface area contributed by atoms with E-state index in [0.717, 1.165) is 64.0 Å². The Balaban J connectivity index is 0.000000339. The minimum atomic E-state index is -5.08. The number of aromatic nitrogens is 1. The van der Waals surface area contributed by atoms with Gasteiger partial charge in [0.25, 0.3) is 0 Å². The van der Waals surface area contributed by atoms with Crippen LogP contribution in [-0.4, -0.2) is 76.3 Å². The molecule has 172 valence electrons. The maximum absolute atomic E-state index is 12.4. The summed E-state index contributed by atoms with van der Waals surface area (Å²) in [5.74, 6) is -2.08. The van der Waals surface area contributed by atoms with Crippen molar-refractivity contribution in [3.63, 3.8) is 0 Å². The highest BCUT2D eigenvalue weighted by molar-refractivity contribution is 5.81. The molecule has 1 aliphatic carbocycles. The maximum Gasteiger partial charge on any atom is 0.490 e. The van der Waals surface area contributed by atoms with E-state index in [2.05, 4.69) is 27.9 Å². The molecule has 3 aliphatic rings. The van der Waals surface area contributed by atoms with Crippen LogP contribution in [0.1, 0.15) is 37.8 Å². The molecule has 1 spiro atoms. The van der Waals surface area contributed by atoms with Crippen LogP contribution >= 0.6 is 0 Å². The molecule has 0 radical (unpaired) electrons. The Bertz CT molecular complexity index is 773. The molecule has 0 aromatic carbocycles. The Morgan fingerprint density at radius 3 is 2.65 bits per heavy atom. The first-order valence-electron chi connectivity index (χ1n) is 10.4. The van der Waals surface area contributed by atoms with Gasteiger partial charge in [-0.05, 0) is 51.3 Å². The molecule has 2 unspecified atom stereocenters. The highest BCUT2D eigenvalue weighted by Gasteiger charge is 2.47. The van der Waals surface area contributed by atoms with Crippen LogP contribution in [0.25, 0.3) is 0 Å². The van der Waals surface area contributed by atoms with Gasteiger partial charge in [-0.1, -0.05) is 6.07 Å². The number of aliphatic carboxylic acids is 1. The summed E-state index contributed by atoms with van der Waals surface area (Å²) >= 11 is 0. The molecule has 1 saturated carbocycles. The van der Waals surface area contributed by atoms with Gasteiger partial charge in [0.2, 0.25) is 5.91 Å². The van der Waals surface area contributed by atoms with Crippen molar-refractivity contribution in [3.05, 3.63) is 30.1 Å². The van der Waals surface area contributed by atoms with Gasteiger partial charge in [-0.2, -0.15) is 13.2 Å². The number of hydrogen-bond donors (Lipinski definition) is 1. The Kier molecular flexibility index (Phi) is 7.20. The van der Waals surface area contributed by atoms with Crippen LogP contribution in [0.4, 0.5) is 13.2 Å². The summed E-state index contributed by atoms with van der Waals surface area (Å²) in [4.78, 5) is 30.1. The molecule has 0 bridgehead atoms. The van der Waals surface area contributed by atoms with Crippen LogP contribution in [0.2, 0.25) is 0 Å². The quantitative estimate of drug-likeness (QED) is 0.771. The lowest BCUT2D eigenvalue weighted by Crippen LogP contribution is -2.51. The molecule has 3 fully saturated rings. The smallest absolute Gasteiger partial charge is 0.475 e. The van der Waals surface area contributed by atoms with Gasteiger partial charge >= 0.3 is 12.1 Å². The van der Waals surface area contributed by atoms with Crippen molar-refractivity contribution in [2.75, 3.05) is 26.7 Å². The number of rotatable bonds is 4. The van der Waals surface area contributed by atoms with Crippen molar-refractivity contribution < 1.29 is 32.6 Å². The van der Waals surface area contributed by atoms with Crippen molar-refractivity contribution in [1.29, 1.82) is 0 Å². The third kappa shape index (κ3) is 6.39. The van der Waals surface area contributed by atoms with Gasteiger partial charge in [0.1, 0.15) is 0 Å². The summed E-state index contributed by atoms with van der Waals surface area (Å²) in [6.07, 6.45) is 2.09. The van der Waals surface area contributed by atoms with E-state index in [9.17, 15) is 18.0 Å². The van der Waals surface area contributed by atoms with E-state index in [4.69, 9.17) is 14.6 Å². The number of halogens is 3. The molecule has 31 heavy (non-hydrogen) atoms. The molecule has 2 atom stereocenters. The number of likely N-dealkylation sites (tertiary alicyclic amines) is 1. The number of carboxylic acids is 1. The second-order valence-electron chi connectivity index (χ2n) is 8.53. The fourth-order valence-corrected chi connectivity index (χ4v) is 4.14. The molecule has 4 rings (SSSR count). The van der Waals surface area contributed by atoms with E-state index >= 15 is 0 Å². The fourth-order valence-electron chi connectivity index (χ4n) is 4.14. The lowest BCUT2D eigenvalue weighted by atomic mass is 9.88. The summed E-state index contributed by atoms with van der Waals surface area (Å²) in [6.45, 7) is 3.30. The molecule has 1 amide bonds. The molecular weight excluding hydrogens is 415 g/mol. The van der Waals surface area contributed by atoms with Crippen molar-refractivity contribution in [3.8, 4) is 0 Å². The molecular formula is C21H28F3N3O4. The molecule has 1 aromatic heterocycles. The number of carbonyl (C=O) groups excluding carboxylic acids is 1. The molecule has 7 nitrogen and oxygen atoms in total. The van der Waals surface area contributed by atoms with Crippen LogP contribution < -0.4 is 0 Å². The number of alkyl halides is 3. The second kappa shape index (κ2) is 9.52. The number of likely N-dealkylation sites (N-methyl/N-ethyl adjacent to an activating group) is 1. The number of pyridine rings is 1. The van der Waals surface area contributed by atoms with Crippen molar-refractivity contribution in [2.24, 2.45) is 5.92 Å². The number of amides is 1. The van der Waals surface area contributed by atoms with E-state index in [-0.39, 0.29) is 5.60 Å². The van der Waals surface area contributed by atoms with Crippen LogP contribution in [-0.2, 0) is 20.9 Å². The van der Waals surface area contributed by atoms with E-state index in [1.54, 1.807) is 0 Å². The molecule has 2 saturated heterocycles. The summed E-state index contributed by atoms with van der Waals surface area (Å²) in [6, 6.07) is 6.46. The molecule has 1 N–H and O–H groups in total. The van der Waals surface area contributed by atoms with Crippen molar-refractivity contribution in [1.82, 2.24) is 14.8 Å². The molecule has 10 heteroatoms. The number of hydrogen-bond acceptors (Lipinski definition) is 5. The third-order valence-electron chi connectivity index (χ3n) is 5.97. The first-order chi connectivity index (χ1) is 14.6. The predicted octanol–water partition coefficient (Wildman–Crippen LogP) is 2.71. The van der Waals surface area contributed by atoms with E-state index in [0.29, 0.717) is 17.9 Å². The maximum atomic E-state index is 12.4. The standard InChI is InChI=1S/C19H27N3O2.C2HF3O2/c1-21(12-16-5-2-3-9-20-16)17-11-19(24-13-17)8-4-10-22(14-19)18(23)15-6-7-15;3-2(4,5)1(6)7/h2-3,5,9,15,17H,4,6-8,10-14H2,1H3;(H,6,7). The van der Waals surface area contributed by atoms with Crippen LogP contribution in [0, 0.1) is 5.92 Å². The minimum Gasteiger partial charge on any atom is -0.475 e. The Morgan fingerprint density at radius 1 is 1.35 bits per heavy atom. The van der Waals surface area contributed by atoms with Crippen LogP contribution in [0.5, 0.6) is 0 Å². The van der Waals surface area contributed by atoms with Gasteiger partial charge in [-0.3, -0.25) is 14.7 Å². The molecule has 2 aliphatic heterocycles. The molecule has 1 aromatic rings. The number of carbonyl (C=O) groups is 2. The Hall–Kier alpha value is -2.20. The number of piperidine rings is 1. The lowest BCUT2D eigenvalue weighted by Gasteiger charge is -2.40. The van der Waals surface area contributed by atoms with Gasteiger partial charge in [0.15, 0.2) is 0 Å². The van der Waals surface area contributed by atoms with E-state index < -0.39 is 12.1 Å². The summed E-state index contributed by atoms with van der Waals surface area (Å²) in [7, 11) is 2.15. The normalized spacial score (nSPS) is 26.0. The van der Waals surface area contributed by atoms with Crippen molar-refractivity contribution in [2.45, 2.75) is 56.5 Å². The van der Waals surface area contributed by atoms with Crippen molar-refractivity contribution >= 4 is 11.9 Å². The zero-order chi connectivity index (χ0) is 22.6. The molecule has 3 heterocycles. The SMILES string of the molecule is CN(Cc1ccccn1)C1COC2(CCCN(C(=O)C3CC3)C2)C1.O=C(O)C(F)(F)F. The summed E-state index contributed by atoms with van der Waals surface area (Å²) in [5, 5.41) is 7.12. The average molecular weight is 443 g/mol. The zero-order valence-electron chi connectivity index (χ0n) is 17.5. The summed E-state index contributed by atoms with van der Waals surface area (Å²) < 4.78 is 38.0. The number of nitrogens with zero attached hydrogens (tertiary/aromatic N) is 3. The highest BCUT2D eigenvalue weighted by Crippen LogP contribution is 2.39. The van der Waals surface area contributed by atoms with Crippen LogP contribution in [0.15, 0.2) is 24.4 Å². The van der Waals surface area contributed by atoms with Gasteiger partial charge in [0, 0.05) is 37.8 Å². The monoisotopic (exact) mass is 443 g/mol. The minimum absolute atomic E-state index is 0.119. The number of carboxylic acid groups (broad SMARTS) is 1. The van der Waals surface area contributed by atoms with E-state index in [1.807, 2.05) is 18.3 Å². The predicted molar refractivity (Wildman–Crippen MR) is 105 cm³/mol.